The van der Waals surface area contributed by atoms with Gasteiger partial charge < -0.3 is 0 Å². The zero-order valence-electron chi connectivity index (χ0n) is 13.2. The molecule has 0 atom stereocenters. The van der Waals surface area contributed by atoms with Crippen LogP contribution in [0.2, 0.25) is 0 Å². The maximum absolute atomic E-state index is 13.9. The average molecular weight is 398 g/mol. The van der Waals surface area contributed by atoms with Gasteiger partial charge in [0.15, 0.2) is 0 Å². The standard InChI is InChI=1S/C13H7F2.C5H5.C3H4.Zr/c14-10-3-1-8-5-9-2-4-11(15)7-13(9)12(8)6-10;1-2-4-5-3-1;1-2-3-1;/h1-7H;1-3H,4H2;1-2H2;. The summed E-state index contributed by atoms with van der Waals surface area (Å²) in [5, 5.41) is 0. The van der Waals surface area contributed by atoms with Gasteiger partial charge in [0.25, 0.3) is 0 Å². The molecule has 0 aromatic heterocycles. The van der Waals surface area contributed by atoms with Crippen LogP contribution in [-0.2, 0) is 21.3 Å². The van der Waals surface area contributed by atoms with E-state index in [0.29, 0.717) is 3.63 Å². The molecule has 3 aliphatic rings. The molecule has 3 aliphatic carbocycles. The van der Waals surface area contributed by atoms with Gasteiger partial charge in [0, 0.05) is 0 Å². The predicted molar refractivity (Wildman–Crippen MR) is 89.7 cm³/mol. The van der Waals surface area contributed by atoms with E-state index >= 15 is 0 Å². The summed E-state index contributed by atoms with van der Waals surface area (Å²) in [6, 6.07) is 10.2. The second kappa shape index (κ2) is 5.53. The first-order chi connectivity index (χ1) is 11.7. The van der Waals surface area contributed by atoms with Crippen molar-refractivity contribution in [3.63, 3.8) is 0 Å². The van der Waals surface area contributed by atoms with Crippen LogP contribution in [0.5, 0.6) is 0 Å². The summed E-state index contributed by atoms with van der Waals surface area (Å²) in [4.78, 5) is 0. The fourth-order valence-corrected chi connectivity index (χ4v) is 13.0. The minimum atomic E-state index is -2.04. The van der Waals surface area contributed by atoms with Gasteiger partial charge in [-0.25, -0.2) is 0 Å². The van der Waals surface area contributed by atoms with Crippen LogP contribution in [-0.4, -0.2) is 3.21 Å². The van der Waals surface area contributed by atoms with Gasteiger partial charge in [0.2, 0.25) is 0 Å². The summed E-state index contributed by atoms with van der Waals surface area (Å²) in [7, 11) is 0. The van der Waals surface area contributed by atoms with Crippen LogP contribution in [0.1, 0.15) is 34.0 Å². The molecular weight excluding hydrogens is 381 g/mol. The molecule has 118 valence electrons. The van der Waals surface area contributed by atoms with Crippen molar-refractivity contribution in [1.29, 1.82) is 0 Å². The Morgan fingerprint density at radius 3 is 2.00 bits per heavy atom. The Labute approximate surface area is 147 Å². The minimum absolute atomic E-state index is 0.240. The topological polar surface area (TPSA) is 0 Å². The van der Waals surface area contributed by atoms with E-state index in [2.05, 4.69) is 18.2 Å². The molecule has 0 unspecified atom stereocenters. The monoisotopic (exact) mass is 396 g/mol. The van der Waals surface area contributed by atoms with E-state index in [1.807, 2.05) is 12.1 Å². The first-order valence-electron chi connectivity index (χ1n) is 8.39. The van der Waals surface area contributed by atoms with E-state index in [1.54, 1.807) is 30.8 Å². The SMILES string of the molecule is Fc1ccc2c(c1)-c1cc(F)ccc1[CH]2[Zr]([C]1=CC=CC1)=[C]1CC1. The maximum atomic E-state index is 13.9. The molecule has 2 aromatic rings. The third kappa shape index (κ3) is 2.29. The molecule has 1 saturated carbocycles. The third-order valence-corrected chi connectivity index (χ3v) is 13.9. The van der Waals surface area contributed by atoms with Crippen molar-refractivity contribution in [3.8, 4) is 11.1 Å². The van der Waals surface area contributed by atoms with Crippen LogP contribution in [0.3, 0.4) is 0 Å². The molecule has 0 heterocycles. The van der Waals surface area contributed by atoms with Crippen molar-refractivity contribution < 1.29 is 30.0 Å². The summed E-state index contributed by atoms with van der Waals surface area (Å²) >= 11 is -2.04. The fourth-order valence-electron chi connectivity index (χ4n) is 4.10. The quantitative estimate of drug-likeness (QED) is 0.631. The van der Waals surface area contributed by atoms with Gasteiger partial charge in [-0.15, -0.1) is 0 Å². The van der Waals surface area contributed by atoms with E-state index in [4.69, 9.17) is 0 Å². The molecule has 0 amide bonds. The Hall–Kier alpha value is -1.47. The van der Waals surface area contributed by atoms with Crippen LogP contribution in [0.4, 0.5) is 8.78 Å². The number of fused-ring (bicyclic) bond motifs is 3. The van der Waals surface area contributed by atoms with E-state index in [0.717, 1.165) is 17.5 Å². The van der Waals surface area contributed by atoms with Gasteiger partial charge >= 0.3 is 148 Å². The number of hydrogen-bond donors (Lipinski definition) is 0. The summed E-state index contributed by atoms with van der Waals surface area (Å²) in [6.45, 7) is 0. The molecule has 1 fully saturated rings. The molecule has 0 aliphatic heterocycles. The molecule has 2 aromatic carbocycles. The van der Waals surface area contributed by atoms with Crippen LogP contribution >= 0.6 is 0 Å². The van der Waals surface area contributed by atoms with Crippen molar-refractivity contribution in [3.05, 3.63) is 80.7 Å². The Morgan fingerprint density at radius 1 is 0.875 bits per heavy atom. The average Bonchev–Trinajstić information content (AvgIpc) is 3.17. The molecular formula is C21H16F2Zr. The van der Waals surface area contributed by atoms with E-state index in [-0.39, 0.29) is 11.6 Å². The van der Waals surface area contributed by atoms with Crippen LogP contribution < -0.4 is 0 Å². The molecule has 0 bridgehead atoms. The van der Waals surface area contributed by atoms with Gasteiger partial charge in [-0.1, -0.05) is 0 Å². The Kier molecular flexibility index (Phi) is 3.42. The predicted octanol–water partition coefficient (Wildman–Crippen LogP) is 5.46. The zero-order valence-corrected chi connectivity index (χ0v) is 15.6. The van der Waals surface area contributed by atoms with Crippen LogP contribution in [0.15, 0.2) is 57.9 Å². The number of halogens is 2. The molecule has 5 rings (SSSR count). The fraction of sp³-hybridized carbons (Fsp3) is 0.190. The van der Waals surface area contributed by atoms with Crippen molar-refractivity contribution >= 4 is 3.21 Å². The van der Waals surface area contributed by atoms with Crippen LogP contribution in [0, 0.1) is 11.6 Å². The Bertz CT molecular complexity index is 908. The van der Waals surface area contributed by atoms with E-state index < -0.39 is 21.3 Å². The van der Waals surface area contributed by atoms with Crippen molar-refractivity contribution in [2.45, 2.75) is 22.9 Å². The summed E-state index contributed by atoms with van der Waals surface area (Å²) in [5.74, 6) is -0.480. The Morgan fingerprint density at radius 2 is 1.50 bits per heavy atom. The van der Waals surface area contributed by atoms with Crippen molar-refractivity contribution in [2.24, 2.45) is 0 Å². The van der Waals surface area contributed by atoms with Crippen molar-refractivity contribution in [2.75, 3.05) is 0 Å². The Balaban J connectivity index is 1.77. The number of rotatable bonds is 2. The third-order valence-electron chi connectivity index (χ3n) is 5.23. The molecule has 3 heteroatoms. The summed E-state index contributed by atoms with van der Waals surface area (Å²) in [5.41, 5.74) is 4.25. The first-order valence-corrected chi connectivity index (χ1v) is 12.3. The molecule has 0 N–H and O–H groups in total. The molecule has 0 radical (unpaired) electrons. The van der Waals surface area contributed by atoms with Gasteiger partial charge in [-0.05, 0) is 0 Å². The molecule has 24 heavy (non-hydrogen) atoms. The first kappa shape index (κ1) is 14.8. The number of hydrogen-bond acceptors (Lipinski definition) is 0. The van der Waals surface area contributed by atoms with Gasteiger partial charge in [0.1, 0.15) is 0 Å². The normalized spacial score (nSPS) is 17.8. The number of benzene rings is 2. The number of allylic oxidation sites excluding steroid dienone is 4. The summed E-state index contributed by atoms with van der Waals surface area (Å²) < 4.78 is 31.5. The zero-order chi connectivity index (χ0) is 16.3. The van der Waals surface area contributed by atoms with Gasteiger partial charge in [-0.3, -0.25) is 0 Å². The molecule has 0 spiro atoms. The summed E-state index contributed by atoms with van der Waals surface area (Å²) in [6.07, 6.45) is 10.3. The van der Waals surface area contributed by atoms with Crippen LogP contribution in [0.25, 0.3) is 11.1 Å². The van der Waals surface area contributed by atoms with Crippen molar-refractivity contribution in [1.82, 2.24) is 0 Å². The van der Waals surface area contributed by atoms with Gasteiger partial charge in [-0.2, -0.15) is 0 Å². The van der Waals surface area contributed by atoms with Gasteiger partial charge in [0.05, 0.1) is 0 Å². The van der Waals surface area contributed by atoms with E-state index in [9.17, 15) is 8.78 Å². The second-order valence-corrected chi connectivity index (χ2v) is 13.5. The van der Waals surface area contributed by atoms with E-state index in [1.165, 1.54) is 24.0 Å². The second-order valence-electron chi connectivity index (χ2n) is 6.74. The molecule has 0 nitrogen and oxygen atoms in total. The molecule has 0 saturated heterocycles.